The summed E-state index contributed by atoms with van der Waals surface area (Å²) in [6.07, 6.45) is 0. The van der Waals surface area contributed by atoms with E-state index in [2.05, 4.69) is 33.6 Å². The summed E-state index contributed by atoms with van der Waals surface area (Å²) in [6.45, 7) is 2.40. The molecule has 0 radical (unpaired) electrons. The van der Waals surface area contributed by atoms with Crippen LogP contribution in [0.1, 0.15) is 13.8 Å². The fraction of sp³-hybridized carbons (Fsp3) is 0.583. The molecule has 0 rings (SSSR count). The van der Waals surface area contributed by atoms with Crippen molar-refractivity contribution in [3.8, 4) is 0 Å². The number of hydrogen-bond donors (Lipinski definition) is 6. The highest BCUT2D eigenvalue weighted by Gasteiger charge is 2.21. The number of aliphatic imine (C=N–C) groups is 1. The van der Waals surface area contributed by atoms with Crippen LogP contribution in [0.25, 0.3) is 0 Å². The van der Waals surface area contributed by atoms with Gasteiger partial charge in [-0.3, -0.25) is 14.6 Å². The molecule has 0 aliphatic heterocycles. The summed E-state index contributed by atoms with van der Waals surface area (Å²) in [7, 11) is 0. The summed E-state index contributed by atoms with van der Waals surface area (Å²) >= 11 is 3.89. The third kappa shape index (κ3) is 9.34. The van der Waals surface area contributed by atoms with Gasteiger partial charge in [-0.15, -0.1) is 0 Å². The molecule has 3 amide bonds. The van der Waals surface area contributed by atoms with E-state index >= 15 is 0 Å². The van der Waals surface area contributed by atoms with Crippen molar-refractivity contribution in [2.45, 2.75) is 25.9 Å². The zero-order chi connectivity index (χ0) is 18.0. The summed E-state index contributed by atoms with van der Waals surface area (Å²) in [6, 6.07) is -2.98. The minimum atomic E-state index is -1.22. The van der Waals surface area contributed by atoms with E-state index in [1.54, 1.807) is 13.8 Å². The van der Waals surface area contributed by atoms with Gasteiger partial charge >= 0.3 is 18.0 Å². The lowest BCUT2D eigenvalue weighted by molar-refractivity contribution is -0.138. The summed E-state index contributed by atoms with van der Waals surface area (Å²) in [4.78, 5) is 48.5. The molecule has 23 heavy (non-hydrogen) atoms. The summed E-state index contributed by atoms with van der Waals surface area (Å²) in [5.41, 5.74) is 0.542. The molecule has 0 bridgehead atoms. The molecule has 0 saturated heterocycles. The average molecular weight is 348 g/mol. The lowest BCUT2D eigenvalue weighted by atomic mass is 10.3. The molecular weight excluding hydrogens is 328 g/mol. The van der Waals surface area contributed by atoms with E-state index in [4.69, 9.17) is 10.2 Å². The third-order valence-corrected chi connectivity index (χ3v) is 2.74. The molecule has 0 saturated carbocycles. The molecule has 2 atom stereocenters. The minimum Gasteiger partial charge on any atom is -0.480 e. The van der Waals surface area contributed by atoms with Crippen molar-refractivity contribution in [3.05, 3.63) is 0 Å². The second kappa shape index (κ2) is 10.4. The molecule has 0 aromatic rings. The number of aliphatic carboxylic acids is 2. The van der Waals surface area contributed by atoms with Gasteiger partial charge in [0.1, 0.15) is 12.6 Å². The largest absolute Gasteiger partial charge is 0.480 e. The van der Waals surface area contributed by atoms with Crippen LogP contribution in [-0.2, 0) is 14.4 Å². The summed E-state index contributed by atoms with van der Waals surface area (Å²) in [5.74, 6) is -3.20. The molecule has 11 heteroatoms. The number of carbonyl (C=O) groups excluding carboxylic acids is 2. The Kier molecular flexibility index (Phi) is 9.39. The monoisotopic (exact) mass is 348 g/mol. The fourth-order valence-corrected chi connectivity index (χ4v) is 1.64. The predicted molar refractivity (Wildman–Crippen MR) is 85.0 cm³/mol. The Balaban J connectivity index is 4.49. The smallest absolute Gasteiger partial charge is 0.330 e. The number of carbonyl (C=O) groups is 4. The van der Waals surface area contributed by atoms with Crippen molar-refractivity contribution in [2.75, 3.05) is 18.8 Å². The van der Waals surface area contributed by atoms with Gasteiger partial charge in [0.2, 0.25) is 5.91 Å². The van der Waals surface area contributed by atoms with Crippen LogP contribution in [0.5, 0.6) is 0 Å². The standard InChI is InChI=1S/C12H20N4O6S/c1-6(2)15-7(11(20)21)3-14-12(22)16-8(5-23)10(19)13-4-9(17)18/h7-8,23H,3-5H2,1-2H3,(H,13,19)(H,17,18)(H,20,21)(H2,14,16,22). The van der Waals surface area contributed by atoms with Gasteiger partial charge in [-0.05, 0) is 13.8 Å². The maximum atomic E-state index is 11.7. The number of carboxylic acid groups (broad SMARTS) is 2. The molecule has 0 fully saturated rings. The van der Waals surface area contributed by atoms with Gasteiger partial charge in [-0.2, -0.15) is 12.6 Å². The molecule has 10 nitrogen and oxygen atoms in total. The number of rotatable bonds is 9. The van der Waals surface area contributed by atoms with Crippen LogP contribution in [0.3, 0.4) is 0 Å². The third-order valence-electron chi connectivity index (χ3n) is 2.37. The molecule has 0 aromatic heterocycles. The number of carboxylic acids is 2. The van der Waals surface area contributed by atoms with Crippen LogP contribution in [0, 0.1) is 0 Å². The van der Waals surface area contributed by atoms with Crippen LogP contribution >= 0.6 is 12.6 Å². The van der Waals surface area contributed by atoms with Gasteiger partial charge in [0.05, 0.1) is 6.54 Å². The SMILES string of the molecule is CC(C)=NC(CNC(=O)NC(CS)C(=O)NCC(=O)O)C(=O)O. The molecule has 0 aliphatic rings. The first-order chi connectivity index (χ1) is 10.7. The number of hydrogen-bond acceptors (Lipinski definition) is 6. The van der Waals surface area contributed by atoms with Crippen molar-refractivity contribution in [1.29, 1.82) is 0 Å². The molecule has 0 heterocycles. The minimum absolute atomic E-state index is 0.0621. The van der Waals surface area contributed by atoms with Gasteiger partial charge in [0.25, 0.3) is 0 Å². The Morgan fingerprint density at radius 1 is 1.13 bits per heavy atom. The highest BCUT2D eigenvalue weighted by atomic mass is 32.1. The highest BCUT2D eigenvalue weighted by Crippen LogP contribution is 1.93. The van der Waals surface area contributed by atoms with Gasteiger partial charge < -0.3 is 26.2 Å². The van der Waals surface area contributed by atoms with Crippen LogP contribution in [0.2, 0.25) is 0 Å². The number of nitrogens with zero attached hydrogens (tertiary/aromatic N) is 1. The lowest BCUT2D eigenvalue weighted by Gasteiger charge is -2.17. The van der Waals surface area contributed by atoms with Crippen LogP contribution in [-0.4, -0.2) is 70.7 Å². The van der Waals surface area contributed by atoms with Crippen molar-refractivity contribution >= 4 is 42.2 Å². The van der Waals surface area contributed by atoms with Gasteiger partial charge in [-0.25, -0.2) is 9.59 Å². The zero-order valence-corrected chi connectivity index (χ0v) is 13.6. The topological polar surface area (TPSA) is 157 Å². The van der Waals surface area contributed by atoms with E-state index in [1.807, 2.05) is 0 Å². The molecule has 0 aromatic carbocycles. The quantitative estimate of drug-likeness (QED) is 0.225. The first-order valence-electron chi connectivity index (χ1n) is 6.55. The van der Waals surface area contributed by atoms with Crippen LogP contribution in [0.15, 0.2) is 4.99 Å². The molecular formula is C12H20N4O6S. The maximum absolute atomic E-state index is 11.7. The number of nitrogens with one attached hydrogen (secondary N) is 3. The Bertz CT molecular complexity index is 492. The van der Waals surface area contributed by atoms with Crippen LogP contribution in [0.4, 0.5) is 4.79 Å². The van der Waals surface area contributed by atoms with Crippen molar-refractivity contribution in [2.24, 2.45) is 4.99 Å². The zero-order valence-electron chi connectivity index (χ0n) is 12.7. The second-order valence-corrected chi connectivity index (χ2v) is 5.00. The van der Waals surface area contributed by atoms with Crippen LogP contribution < -0.4 is 16.0 Å². The van der Waals surface area contributed by atoms with Crippen molar-refractivity contribution in [3.63, 3.8) is 0 Å². The first kappa shape index (κ1) is 20.7. The highest BCUT2D eigenvalue weighted by molar-refractivity contribution is 7.80. The van der Waals surface area contributed by atoms with E-state index in [9.17, 15) is 19.2 Å². The van der Waals surface area contributed by atoms with Crippen molar-refractivity contribution < 1.29 is 29.4 Å². The Hall–Kier alpha value is -2.30. The maximum Gasteiger partial charge on any atom is 0.330 e. The Morgan fingerprint density at radius 2 is 1.74 bits per heavy atom. The second-order valence-electron chi connectivity index (χ2n) is 4.63. The molecule has 2 unspecified atom stereocenters. The predicted octanol–water partition coefficient (Wildman–Crippen LogP) is -1.28. The summed E-state index contributed by atoms with van der Waals surface area (Å²) < 4.78 is 0. The van der Waals surface area contributed by atoms with E-state index < -0.39 is 42.5 Å². The van der Waals surface area contributed by atoms with Gasteiger partial charge in [0, 0.05) is 11.5 Å². The van der Waals surface area contributed by atoms with Crippen molar-refractivity contribution in [1.82, 2.24) is 16.0 Å². The van der Waals surface area contributed by atoms with E-state index in [-0.39, 0.29) is 12.3 Å². The number of thiol groups is 1. The number of amides is 3. The first-order valence-corrected chi connectivity index (χ1v) is 7.19. The normalized spacial score (nSPS) is 12.5. The average Bonchev–Trinajstić information content (AvgIpc) is 2.45. The van der Waals surface area contributed by atoms with E-state index in [1.165, 1.54) is 0 Å². The Labute approximate surface area is 138 Å². The van der Waals surface area contributed by atoms with E-state index in [0.717, 1.165) is 0 Å². The Morgan fingerprint density at radius 3 is 2.17 bits per heavy atom. The fourth-order valence-electron chi connectivity index (χ4n) is 1.38. The molecule has 5 N–H and O–H groups in total. The summed E-state index contributed by atoms with van der Waals surface area (Å²) in [5, 5.41) is 24.1. The molecule has 130 valence electrons. The lowest BCUT2D eigenvalue weighted by Crippen LogP contribution is -2.52. The number of urea groups is 1. The van der Waals surface area contributed by atoms with Gasteiger partial charge in [-0.1, -0.05) is 0 Å². The molecule has 0 aliphatic carbocycles. The van der Waals surface area contributed by atoms with Gasteiger partial charge in [0.15, 0.2) is 6.04 Å². The van der Waals surface area contributed by atoms with E-state index in [0.29, 0.717) is 5.71 Å². The molecule has 0 spiro atoms.